The van der Waals surface area contributed by atoms with Crippen LogP contribution in [0, 0.1) is 0 Å². The molecular formula is C3H5Cl3N4. The van der Waals surface area contributed by atoms with Crippen molar-refractivity contribution in [2.75, 3.05) is 5.84 Å². The second-order valence-electron chi connectivity index (χ2n) is 1.40. The Morgan fingerprint density at radius 1 is 1.60 bits per heavy atom. The molecule has 0 spiro atoms. The van der Waals surface area contributed by atoms with E-state index in [1.807, 2.05) is 0 Å². The zero-order chi connectivity index (χ0) is 6.85. The van der Waals surface area contributed by atoms with Crippen LogP contribution in [0.5, 0.6) is 0 Å². The van der Waals surface area contributed by atoms with Crippen LogP contribution >= 0.6 is 35.6 Å². The van der Waals surface area contributed by atoms with E-state index in [4.69, 9.17) is 29.0 Å². The molecule has 1 aromatic heterocycles. The average molecular weight is 203 g/mol. The normalized spacial score (nSPS) is 9.50. The molecule has 4 nitrogen and oxygen atoms in total. The lowest BCUT2D eigenvalue weighted by Crippen LogP contribution is -2.10. The Morgan fingerprint density at radius 2 is 2.20 bits per heavy atom. The van der Waals surface area contributed by atoms with Gasteiger partial charge in [0.05, 0.1) is 0 Å². The van der Waals surface area contributed by atoms with Crippen LogP contribution in [0.4, 0.5) is 0 Å². The molecule has 0 unspecified atom stereocenters. The van der Waals surface area contributed by atoms with Gasteiger partial charge in [0.15, 0.2) is 10.7 Å². The van der Waals surface area contributed by atoms with E-state index in [-0.39, 0.29) is 12.4 Å². The maximum atomic E-state index is 5.41. The van der Waals surface area contributed by atoms with Crippen LogP contribution in [0.25, 0.3) is 0 Å². The van der Waals surface area contributed by atoms with Crippen molar-refractivity contribution in [3.8, 4) is 0 Å². The van der Waals surface area contributed by atoms with Gasteiger partial charge in [0, 0.05) is 0 Å². The number of rotatable bonds is 1. The molecule has 0 saturated carbocycles. The van der Waals surface area contributed by atoms with Gasteiger partial charge in [0.1, 0.15) is 6.33 Å². The number of nitrogens with two attached hydrogens (primary N) is 1. The summed E-state index contributed by atoms with van der Waals surface area (Å²) in [5.41, 5.74) is 0. The predicted octanol–water partition coefficient (Wildman–Crippen LogP) is 0.890. The Labute approximate surface area is 73.7 Å². The van der Waals surface area contributed by atoms with Crippen LogP contribution in [-0.4, -0.2) is 14.9 Å². The van der Waals surface area contributed by atoms with Crippen molar-refractivity contribution in [2.24, 2.45) is 0 Å². The summed E-state index contributed by atoms with van der Waals surface area (Å²) in [4.78, 5) is -0.711. The standard InChI is InChI=1S/C3H4Cl2N4.ClH/c4-2(5)3-8-7-1-9(3)6;/h1-2H,6H2;1H. The van der Waals surface area contributed by atoms with Gasteiger partial charge in [-0.2, -0.15) is 0 Å². The fourth-order valence-electron chi connectivity index (χ4n) is 0.408. The molecule has 1 heterocycles. The third-order valence-corrected chi connectivity index (χ3v) is 1.19. The molecule has 1 rings (SSSR count). The molecule has 7 heteroatoms. The number of hydrogen-bond donors (Lipinski definition) is 1. The van der Waals surface area contributed by atoms with Gasteiger partial charge in [-0.1, -0.05) is 23.2 Å². The number of nitrogens with zero attached hydrogens (tertiary/aromatic N) is 3. The zero-order valence-electron chi connectivity index (χ0n) is 4.74. The quantitative estimate of drug-likeness (QED) is 0.545. The largest absolute Gasteiger partial charge is 0.336 e. The Bertz CT molecular complexity index is 197. The van der Waals surface area contributed by atoms with Gasteiger partial charge in [-0.05, 0) is 0 Å². The van der Waals surface area contributed by atoms with Gasteiger partial charge in [0.25, 0.3) is 0 Å². The SMILES string of the molecule is Cl.Nn1cnnc1C(Cl)Cl. The van der Waals surface area contributed by atoms with E-state index in [0.717, 1.165) is 0 Å². The van der Waals surface area contributed by atoms with Crippen molar-refractivity contribution in [1.82, 2.24) is 14.9 Å². The van der Waals surface area contributed by atoms with E-state index >= 15 is 0 Å². The summed E-state index contributed by atoms with van der Waals surface area (Å²) in [5.74, 6) is 5.61. The predicted molar refractivity (Wildman–Crippen MR) is 41.9 cm³/mol. The monoisotopic (exact) mass is 202 g/mol. The van der Waals surface area contributed by atoms with E-state index in [9.17, 15) is 0 Å². The molecular weight excluding hydrogens is 198 g/mol. The minimum atomic E-state index is -0.711. The molecule has 58 valence electrons. The molecule has 0 saturated heterocycles. The van der Waals surface area contributed by atoms with E-state index < -0.39 is 4.84 Å². The summed E-state index contributed by atoms with van der Waals surface area (Å²) >= 11 is 10.8. The average Bonchev–Trinajstić information content (AvgIpc) is 2.13. The Morgan fingerprint density at radius 3 is 2.40 bits per heavy atom. The topological polar surface area (TPSA) is 56.7 Å². The Hall–Kier alpha value is -0.190. The van der Waals surface area contributed by atoms with Gasteiger partial charge < -0.3 is 5.84 Å². The summed E-state index contributed by atoms with van der Waals surface area (Å²) < 4.78 is 1.17. The van der Waals surface area contributed by atoms with Crippen molar-refractivity contribution in [2.45, 2.75) is 4.84 Å². The summed E-state index contributed by atoms with van der Waals surface area (Å²) in [6.07, 6.45) is 1.33. The summed E-state index contributed by atoms with van der Waals surface area (Å²) in [7, 11) is 0. The molecule has 1 aromatic rings. The van der Waals surface area contributed by atoms with Crippen LogP contribution in [0.2, 0.25) is 0 Å². The van der Waals surface area contributed by atoms with Gasteiger partial charge in [-0.3, -0.25) is 0 Å². The van der Waals surface area contributed by atoms with E-state index in [2.05, 4.69) is 10.2 Å². The van der Waals surface area contributed by atoms with E-state index in [0.29, 0.717) is 5.82 Å². The molecule has 10 heavy (non-hydrogen) atoms. The molecule has 0 atom stereocenters. The minimum Gasteiger partial charge on any atom is -0.336 e. The van der Waals surface area contributed by atoms with Gasteiger partial charge in [0.2, 0.25) is 0 Å². The maximum Gasteiger partial charge on any atom is 0.184 e. The third-order valence-electron chi connectivity index (χ3n) is 0.796. The van der Waals surface area contributed by atoms with Gasteiger partial charge in [-0.25, -0.2) is 4.68 Å². The van der Waals surface area contributed by atoms with Crippen LogP contribution in [0.15, 0.2) is 6.33 Å². The van der Waals surface area contributed by atoms with Crippen LogP contribution < -0.4 is 5.84 Å². The lowest BCUT2D eigenvalue weighted by Gasteiger charge is -1.96. The van der Waals surface area contributed by atoms with Gasteiger partial charge >= 0.3 is 0 Å². The highest BCUT2D eigenvalue weighted by atomic mass is 35.5. The molecule has 0 radical (unpaired) electrons. The first kappa shape index (κ1) is 9.81. The van der Waals surface area contributed by atoms with Crippen molar-refractivity contribution in [1.29, 1.82) is 0 Å². The van der Waals surface area contributed by atoms with E-state index in [1.54, 1.807) is 0 Å². The highest BCUT2D eigenvalue weighted by molar-refractivity contribution is 6.43. The van der Waals surface area contributed by atoms with Crippen LogP contribution in [0.3, 0.4) is 0 Å². The number of alkyl halides is 2. The van der Waals surface area contributed by atoms with Gasteiger partial charge in [-0.15, -0.1) is 22.6 Å². The lowest BCUT2D eigenvalue weighted by molar-refractivity contribution is 0.900. The fourth-order valence-corrected chi connectivity index (χ4v) is 0.720. The Kier molecular flexibility index (Phi) is 3.78. The molecule has 0 aromatic carbocycles. The molecule has 0 aliphatic heterocycles. The lowest BCUT2D eigenvalue weighted by atomic mass is 10.7. The molecule has 0 fully saturated rings. The second-order valence-corrected chi connectivity index (χ2v) is 2.49. The molecule has 2 N–H and O–H groups in total. The fraction of sp³-hybridized carbons (Fsp3) is 0.333. The van der Waals surface area contributed by atoms with Crippen molar-refractivity contribution in [3.05, 3.63) is 12.2 Å². The zero-order valence-corrected chi connectivity index (χ0v) is 7.07. The van der Waals surface area contributed by atoms with Crippen LogP contribution in [-0.2, 0) is 0 Å². The first-order valence-electron chi connectivity index (χ1n) is 2.15. The number of nitrogen functional groups attached to an aromatic ring is 1. The summed E-state index contributed by atoms with van der Waals surface area (Å²) in [6, 6.07) is 0. The molecule has 0 amide bonds. The highest BCUT2D eigenvalue weighted by Crippen LogP contribution is 2.20. The molecule has 0 aliphatic carbocycles. The molecule has 0 aliphatic rings. The smallest absolute Gasteiger partial charge is 0.184 e. The first-order valence-corrected chi connectivity index (χ1v) is 3.02. The molecule has 0 bridgehead atoms. The van der Waals surface area contributed by atoms with Crippen molar-refractivity contribution < 1.29 is 0 Å². The number of halogens is 3. The van der Waals surface area contributed by atoms with Crippen molar-refractivity contribution in [3.63, 3.8) is 0 Å². The minimum absolute atomic E-state index is 0. The van der Waals surface area contributed by atoms with Crippen LogP contribution in [0.1, 0.15) is 10.7 Å². The summed E-state index contributed by atoms with van der Waals surface area (Å²) in [5, 5.41) is 7.00. The third kappa shape index (κ3) is 1.90. The maximum absolute atomic E-state index is 5.41. The second kappa shape index (κ2) is 3.85. The Balaban J connectivity index is 0.000000810. The van der Waals surface area contributed by atoms with E-state index in [1.165, 1.54) is 11.0 Å². The number of hydrogen-bond acceptors (Lipinski definition) is 3. The summed E-state index contributed by atoms with van der Waals surface area (Å²) in [6.45, 7) is 0. The highest BCUT2D eigenvalue weighted by Gasteiger charge is 2.08. The first-order chi connectivity index (χ1) is 4.22. The number of aromatic nitrogens is 3. The van der Waals surface area contributed by atoms with Crippen molar-refractivity contribution >= 4 is 35.6 Å².